The molecule has 8 nitrogen and oxygen atoms in total. The minimum Gasteiger partial charge on any atom is -0.497 e. The van der Waals surface area contributed by atoms with Gasteiger partial charge in [-0.2, -0.15) is 0 Å². The largest absolute Gasteiger partial charge is 0.497 e. The normalized spacial score (nSPS) is 23.5. The zero-order valence-electron chi connectivity index (χ0n) is 18.8. The van der Waals surface area contributed by atoms with Crippen LogP contribution < -0.4 is 4.74 Å². The number of ether oxygens (including phenoxy) is 3. The lowest BCUT2D eigenvalue weighted by molar-refractivity contribution is -0.142. The Labute approximate surface area is 191 Å². The second kappa shape index (κ2) is 9.51. The van der Waals surface area contributed by atoms with Crippen LogP contribution in [0.25, 0.3) is 10.8 Å². The van der Waals surface area contributed by atoms with Crippen LogP contribution in [-0.2, 0) is 28.5 Å². The molecule has 2 aromatic rings. The van der Waals surface area contributed by atoms with Crippen molar-refractivity contribution in [1.29, 1.82) is 0 Å². The van der Waals surface area contributed by atoms with E-state index in [2.05, 4.69) is 4.58 Å². The third-order valence-corrected chi connectivity index (χ3v) is 9.13. The average Bonchev–Trinajstić information content (AvgIpc) is 3.37. The van der Waals surface area contributed by atoms with Crippen LogP contribution in [0.5, 0.6) is 5.75 Å². The van der Waals surface area contributed by atoms with Crippen molar-refractivity contribution in [3.8, 4) is 5.75 Å². The molecule has 1 aliphatic heterocycles. The Morgan fingerprint density at radius 1 is 1.22 bits per heavy atom. The molecular weight excluding hydrogens is 453 g/mol. The number of esters is 1. The molecule has 10 heteroatoms. The Hall–Kier alpha value is -1.93. The molecule has 1 aliphatic rings. The number of methoxy groups -OCH3 is 2. The van der Waals surface area contributed by atoms with Gasteiger partial charge in [-0.25, -0.2) is 0 Å². The van der Waals surface area contributed by atoms with Crippen LogP contribution in [0, 0.1) is 4.91 Å². The zero-order chi connectivity index (χ0) is 23.6. The zero-order valence-corrected chi connectivity index (χ0v) is 20.5. The molecule has 0 saturated carbocycles. The van der Waals surface area contributed by atoms with Crippen molar-refractivity contribution in [3.05, 3.63) is 46.9 Å². The predicted octanol–water partition coefficient (Wildman–Crippen LogP) is 5.47. The summed E-state index contributed by atoms with van der Waals surface area (Å²) in [6, 6.07) is 11.1. The number of nitrogens with zero attached hydrogens (tertiary/aromatic N) is 1. The summed E-state index contributed by atoms with van der Waals surface area (Å²) in [6.07, 6.45) is -0.556. The second-order valence-corrected chi connectivity index (χ2v) is 12.3. The first-order chi connectivity index (χ1) is 15.1. The highest BCUT2D eigenvalue weighted by Gasteiger charge is 2.74. The van der Waals surface area contributed by atoms with E-state index in [1.807, 2.05) is 44.2 Å². The number of hydrogen-bond donors (Lipinski definition) is 0. The maximum Gasteiger partial charge on any atom is 0.326 e. The first kappa shape index (κ1) is 24.7. The molecule has 0 amide bonds. The minimum atomic E-state index is -3.48. The van der Waals surface area contributed by atoms with Gasteiger partial charge in [-0.05, 0) is 55.3 Å². The summed E-state index contributed by atoms with van der Waals surface area (Å²) in [6.45, 7) is 5.76. The fraction of sp³-hybridized carbons (Fsp3) is 0.500. The van der Waals surface area contributed by atoms with Crippen molar-refractivity contribution in [3.63, 3.8) is 0 Å². The summed E-state index contributed by atoms with van der Waals surface area (Å²) in [5.74, 6) is 0.116. The smallest absolute Gasteiger partial charge is 0.326 e. The highest BCUT2D eigenvalue weighted by Crippen LogP contribution is 2.82. The van der Waals surface area contributed by atoms with Crippen LogP contribution in [0.3, 0.4) is 0 Å². The molecule has 2 unspecified atom stereocenters. The maximum atomic E-state index is 13.8. The highest BCUT2D eigenvalue weighted by molar-refractivity contribution is 7.99. The average molecular weight is 482 g/mol. The second-order valence-electron chi connectivity index (χ2n) is 8.23. The van der Waals surface area contributed by atoms with E-state index < -0.39 is 29.5 Å². The van der Waals surface area contributed by atoms with Crippen LogP contribution in [0.4, 0.5) is 0 Å². The third-order valence-electron chi connectivity index (χ3n) is 5.55. The molecule has 32 heavy (non-hydrogen) atoms. The molecule has 0 aliphatic carbocycles. The Kier molecular flexibility index (Phi) is 7.34. The molecule has 1 saturated heterocycles. The number of carbonyl (C=O) groups excluding carboxylic acids is 1. The Morgan fingerprint density at radius 2 is 1.91 bits per heavy atom. The molecule has 0 radical (unpaired) electrons. The molecule has 0 bridgehead atoms. The van der Waals surface area contributed by atoms with Gasteiger partial charge in [-0.3, -0.25) is 13.9 Å². The molecule has 1 heterocycles. The highest BCUT2D eigenvalue weighted by atomic mass is 32.2. The first-order valence-corrected chi connectivity index (χ1v) is 12.8. The van der Waals surface area contributed by atoms with Crippen molar-refractivity contribution in [2.45, 2.75) is 43.4 Å². The third kappa shape index (κ3) is 4.71. The van der Waals surface area contributed by atoms with E-state index in [-0.39, 0.29) is 12.6 Å². The van der Waals surface area contributed by atoms with Crippen LogP contribution in [0.15, 0.2) is 41.0 Å². The van der Waals surface area contributed by atoms with Crippen LogP contribution in [0.2, 0.25) is 0 Å². The Bertz CT molecular complexity index is 1060. The lowest BCUT2D eigenvalue weighted by Gasteiger charge is -2.27. The van der Waals surface area contributed by atoms with E-state index >= 15 is 0 Å². The number of carbonyl (C=O) groups is 1. The van der Waals surface area contributed by atoms with Crippen LogP contribution >= 0.6 is 19.3 Å². The quantitative estimate of drug-likeness (QED) is 0.137. The van der Waals surface area contributed by atoms with E-state index in [9.17, 15) is 14.3 Å². The summed E-state index contributed by atoms with van der Waals surface area (Å²) in [5, 5.41) is 0.420. The summed E-state index contributed by atoms with van der Waals surface area (Å²) >= 11 is 0.864. The van der Waals surface area contributed by atoms with Gasteiger partial charge in [0.15, 0.2) is 11.4 Å². The maximum absolute atomic E-state index is 13.8. The van der Waals surface area contributed by atoms with Gasteiger partial charge in [-0.15, -0.1) is 4.91 Å². The summed E-state index contributed by atoms with van der Waals surface area (Å²) in [5.41, 5.74) is 0.573. The first-order valence-electron chi connectivity index (χ1n) is 10.2. The summed E-state index contributed by atoms with van der Waals surface area (Å²) in [7, 11) is -0.609. The van der Waals surface area contributed by atoms with E-state index in [0.29, 0.717) is 12.2 Å². The van der Waals surface area contributed by atoms with Gasteiger partial charge in [0.1, 0.15) is 5.75 Å². The SMILES string of the molecule is CCOC(CC(C)(C)SN=O)OP1(=O)C[C@]1(C(=O)OC)c1ccc2cc(OC)ccc2c1. The molecule has 3 rings (SSSR count). The van der Waals surface area contributed by atoms with E-state index in [0.717, 1.165) is 28.5 Å². The predicted molar refractivity (Wildman–Crippen MR) is 125 cm³/mol. The van der Waals surface area contributed by atoms with Crippen molar-refractivity contribution in [1.82, 2.24) is 0 Å². The van der Waals surface area contributed by atoms with Crippen molar-refractivity contribution < 1.29 is 28.1 Å². The minimum absolute atomic E-state index is 0.0252. The van der Waals surface area contributed by atoms with Crippen LogP contribution in [0.1, 0.15) is 32.8 Å². The molecular formula is C22H28NO7PS. The van der Waals surface area contributed by atoms with Crippen molar-refractivity contribution >= 4 is 36.1 Å². The molecule has 0 N–H and O–H groups in total. The lowest BCUT2D eigenvalue weighted by atomic mass is 9.97. The fourth-order valence-corrected chi connectivity index (χ4v) is 7.10. The standard InChI is InChI=1S/C22H28NO7PS/c1-6-29-19(13-21(2,3)32-23-25)30-31(26)14-22(31,20(24)28-5)17-9-7-16-12-18(27-4)10-8-15(16)11-17/h7-12,19H,6,13-14H2,1-5H3/t19?,22-,31?/m1/s1. The molecule has 3 atom stereocenters. The van der Waals surface area contributed by atoms with Crippen LogP contribution in [-0.4, -0.2) is 44.0 Å². The Balaban J connectivity index is 1.95. The van der Waals surface area contributed by atoms with Crippen molar-refractivity contribution in [2.24, 2.45) is 4.58 Å². The number of benzene rings is 2. The van der Waals surface area contributed by atoms with Gasteiger partial charge >= 0.3 is 5.97 Å². The monoisotopic (exact) mass is 481 g/mol. The molecule has 0 spiro atoms. The molecule has 0 aromatic heterocycles. The molecule has 1 fully saturated rings. The summed E-state index contributed by atoms with van der Waals surface area (Å²) in [4.78, 5) is 23.6. The van der Waals surface area contributed by atoms with Gasteiger partial charge in [0, 0.05) is 34.3 Å². The van der Waals surface area contributed by atoms with Crippen molar-refractivity contribution in [2.75, 3.05) is 27.0 Å². The van der Waals surface area contributed by atoms with Gasteiger partial charge in [0.2, 0.25) is 7.37 Å². The van der Waals surface area contributed by atoms with E-state index in [4.69, 9.17) is 18.7 Å². The number of hydrogen-bond acceptors (Lipinski definition) is 9. The van der Waals surface area contributed by atoms with Gasteiger partial charge in [0.25, 0.3) is 0 Å². The number of rotatable bonds is 11. The summed E-state index contributed by atoms with van der Waals surface area (Å²) < 4.78 is 38.1. The van der Waals surface area contributed by atoms with E-state index in [1.165, 1.54) is 7.11 Å². The topological polar surface area (TPSA) is 100 Å². The van der Waals surface area contributed by atoms with E-state index in [1.54, 1.807) is 20.1 Å². The van der Waals surface area contributed by atoms with Gasteiger partial charge in [-0.1, -0.05) is 18.2 Å². The molecule has 174 valence electrons. The lowest BCUT2D eigenvalue weighted by Crippen LogP contribution is -2.28. The van der Waals surface area contributed by atoms with Gasteiger partial charge < -0.3 is 14.2 Å². The fourth-order valence-electron chi connectivity index (χ4n) is 3.82. The van der Waals surface area contributed by atoms with Gasteiger partial charge in [0.05, 0.1) is 20.4 Å². The number of fused-ring (bicyclic) bond motifs is 1. The number of nitroso groups, excluding NO2 is 1. The molecule has 2 aromatic carbocycles. The Morgan fingerprint density at radius 3 is 2.53 bits per heavy atom.